The number of hydrogen-bond donors (Lipinski definition) is 1. The molecule has 4 aromatic rings. The Morgan fingerprint density at radius 2 is 1.29 bits per heavy atom. The van der Waals surface area contributed by atoms with E-state index in [1.54, 1.807) is 49.4 Å². The zero-order chi connectivity index (χ0) is 34.3. The predicted octanol–water partition coefficient (Wildman–Crippen LogP) is 6.88. The maximum atomic E-state index is 13.3. The Morgan fingerprint density at radius 1 is 0.708 bits per heavy atom. The molecule has 48 heavy (non-hydrogen) atoms. The van der Waals surface area contributed by atoms with Crippen molar-refractivity contribution in [2.24, 2.45) is 0 Å². The van der Waals surface area contributed by atoms with Crippen LogP contribution >= 0.6 is 0 Å². The fraction of sp³-hybridized carbons (Fsp3) is 0.282. The molecule has 5 rings (SSSR count). The molecule has 0 bridgehead atoms. The molecule has 0 radical (unpaired) electrons. The first-order valence-corrected chi connectivity index (χ1v) is 15.8. The molecular formula is C39H39NO8. The van der Waals surface area contributed by atoms with Gasteiger partial charge in [-0.15, -0.1) is 0 Å². The smallest absolute Gasteiger partial charge is 0.407 e. The molecular weight excluding hydrogens is 610 g/mol. The summed E-state index contributed by atoms with van der Waals surface area (Å²) in [4.78, 5) is 51.1. The Morgan fingerprint density at radius 3 is 1.90 bits per heavy atom. The molecule has 1 amide bonds. The Bertz CT molecular complexity index is 1720. The van der Waals surface area contributed by atoms with Crippen molar-refractivity contribution in [1.29, 1.82) is 0 Å². The highest BCUT2D eigenvalue weighted by molar-refractivity contribution is 5.99. The summed E-state index contributed by atoms with van der Waals surface area (Å²) in [6.45, 7) is 6.83. The zero-order valence-electron chi connectivity index (χ0n) is 27.4. The van der Waals surface area contributed by atoms with Crippen LogP contribution < -0.4 is 5.32 Å². The van der Waals surface area contributed by atoms with Gasteiger partial charge < -0.3 is 24.3 Å². The van der Waals surface area contributed by atoms with Gasteiger partial charge in [0.15, 0.2) is 18.4 Å². The van der Waals surface area contributed by atoms with Gasteiger partial charge >= 0.3 is 18.0 Å². The second-order valence-corrected chi connectivity index (χ2v) is 12.6. The number of benzene rings is 4. The molecule has 0 aromatic heterocycles. The van der Waals surface area contributed by atoms with Crippen molar-refractivity contribution in [2.45, 2.75) is 58.0 Å². The minimum Gasteiger partial charge on any atom is -0.459 e. The third-order valence-corrected chi connectivity index (χ3v) is 7.88. The lowest BCUT2D eigenvalue weighted by molar-refractivity contribution is -0.154. The van der Waals surface area contributed by atoms with Gasteiger partial charge in [0.1, 0.15) is 13.2 Å². The maximum Gasteiger partial charge on any atom is 0.407 e. The summed E-state index contributed by atoms with van der Waals surface area (Å²) in [6, 6.07) is 29.8. The molecule has 0 heterocycles. The summed E-state index contributed by atoms with van der Waals surface area (Å²) >= 11 is 0. The molecule has 2 atom stereocenters. The van der Waals surface area contributed by atoms with Crippen molar-refractivity contribution in [3.63, 3.8) is 0 Å². The van der Waals surface area contributed by atoms with Gasteiger partial charge in [-0.3, -0.25) is 4.79 Å². The molecule has 4 aromatic carbocycles. The Hall–Kier alpha value is -5.28. The molecule has 1 aliphatic carbocycles. The SMILES string of the molecule is C[C@@H](OC(C)(C)C)[C@H](NC(=O)OCC1c2ccccc2-c2ccccc21)C(=O)OCc1ccc(C(=O)OCC(=O)c2ccccc2)cc1. The summed E-state index contributed by atoms with van der Waals surface area (Å²) in [7, 11) is 0. The van der Waals surface area contributed by atoms with E-state index < -0.39 is 35.8 Å². The molecule has 0 aliphatic heterocycles. The van der Waals surface area contributed by atoms with E-state index in [9.17, 15) is 19.2 Å². The number of esters is 2. The average molecular weight is 650 g/mol. The average Bonchev–Trinajstić information content (AvgIpc) is 3.40. The second kappa shape index (κ2) is 15.1. The van der Waals surface area contributed by atoms with E-state index in [-0.39, 0.29) is 37.1 Å². The van der Waals surface area contributed by atoms with E-state index in [1.165, 1.54) is 12.1 Å². The van der Waals surface area contributed by atoms with Gasteiger partial charge in [-0.25, -0.2) is 14.4 Å². The molecule has 1 N–H and O–H groups in total. The van der Waals surface area contributed by atoms with Gasteiger partial charge in [0.05, 0.1) is 17.3 Å². The monoisotopic (exact) mass is 649 g/mol. The van der Waals surface area contributed by atoms with Gasteiger partial charge in [-0.1, -0.05) is 91.0 Å². The van der Waals surface area contributed by atoms with Crippen LogP contribution in [0, 0.1) is 0 Å². The van der Waals surface area contributed by atoms with Crippen LogP contribution in [-0.4, -0.2) is 54.8 Å². The number of hydrogen-bond acceptors (Lipinski definition) is 8. The number of amides is 1. The van der Waals surface area contributed by atoms with Crippen LogP contribution in [0.3, 0.4) is 0 Å². The van der Waals surface area contributed by atoms with Gasteiger partial charge in [0.2, 0.25) is 0 Å². The Labute approximate surface area is 280 Å². The van der Waals surface area contributed by atoms with E-state index in [1.807, 2.05) is 57.2 Å². The van der Waals surface area contributed by atoms with Crippen LogP contribution in [0.4, 0.5) is 4.79 Å². The standard InChI is InChI=1S/C39H39NO8/c1-25(48-39(2,3)4)35(40-38(44)47-23-33-31-16-10-8-14-29(31)30-15-9-11-17-32(30)33)37(43)45-22-26-18-20-28(21-19-26)36(42)46-24-34(41)27-12-6-5-7-13-27/h5-21,25,33,35H,22-24H2,1-4H3,(H,40,44)/t25-,35+/m1/s1. The highest BCUT2D eigenvalue weighted by atomic mass is 16.6. The summed E-state index contributed by atoms with van der Waals surface area (Å²) in [5, 5.41) is 2.66. The minimum atomic E-state index is -1.16. The van der Waals surface area contributed by atoms with Crippen LogP contribution in [0.2, 0.25) is 0 Å². The number of ether oxygens (including phenoxy) is 4. The highest BCUT2D eigenvalue weighted by Crippen LogP contribution is 2.44. The third kappa shape index (κ3) is 8.54. The lowest BCUT2D eigenvalue weighted by atomic mass is 9.98. The van der Waals surface area contributed by atoms with Crippen LogP contribution in [0.1, 0.15) is 71.0 Å². The number of rotatable bonds is 12. The first kappa shape index (κ1) is 34.1. The van der Waals surface area contributed by atoms with Crippen LogP contribution in [0.15, 0.2) is 103 Å². The minimum absolute atomic E-state index is 0.0886. The Kier molecular flexibility index (Phi) is 10.7. The molecule has 9 nitrogen and oxygen atoms in total. The predicted molar refractivity (Wildman–Crippen MR) is 180 cm³/mol. The second-order valence-electron chi connectivity index (χ2n) is 12.6. The number of alkyl carbamates (subject to hydrolysis) is 1. The van der Waals surface area contributed by atoms with Crippen molar-refractivity contribution < 1.29 is 38.1 Å². The summed E-state index contributed by atoms with van der Waals surface area (Å²) in [5.41, 5.74) is 5.07. The Balaban J connectivity index is 1.17. The molecule has 0 spiro atoms. The number of ketones is 1. The maximum absolute atomic E-state index is 13.3. The van der Waals surface area contributed by atoms with E-state index >= 15 is 0 Å². The molecule has 0 saturated carbocycles. The van der Waals surface area contributed by atoms with Crippen LogP contribution in [0.25, 0.3) is 11.1 Å². The molecule has 248 valence electrons. The van der Waals surface area contributed by atoms with Crippen molar-refractivity contribution in [1.82, 2.24) is 5.32 Å². The van der Waals surface area contributed by atoms with Crippen molar-refractivity contribution in [3.05, 3.63) is 131 Å². The summed E-state index contributed by atoms with van der Waals surface area (Å²) in [6.07, 6.45) is -1.51. The topological polar surface area (TPSA) is 117 Å². The van der Waals surface area contributed by atoms with Gasteiger partial charge in [-0.05, 0) is 67.6 Å². The highest BCUT2D eigenvalue weighted by Gasteiger charge is 2.34. The molecule has 0 saturated heterocycles. The first-order chi connectivity index (χ1) is 23.0. The fourth-order valence-electron chi connectivity index (χ4n) is 5.66. The van der Waals surface area contributed by atoms with Crippen LogP contribution in [-0.2, 0) is 30.3 Å². The summed E-state index contributed by atoms with van der Waals surface area (Å²) in [5.74, 6) is -1.80. The molecule has 1 aliphatic rings. The first-order valence-electron chi connectivity index (χ1n) is 15.8. The third-order valence-electron chi connectivity index (χ3n) is 7.88. The largest absolute Gasteiger partial charge is 0.459 e. The number of nitrogens with one attached hydrogen (secondary N) is 1. The van der Waals surface area contributed by atoms with Crippen molar-refractivity contribution in [2.75, 3.05) is 13.2 Å². The summed E-state index contributed by atoms with van der Waals surface area (Å²) < 4.78 is 22.4. The van der Waals surface area contributed by atoms with Crippen molar-refractivity contribution >= 4 is 23.8 Å². The van der Waals surface area contributed by atoms with E-state index in [2.05, 4.69) is 17.4 Å². The van der Waals surface area contributed by atoms with Gasteiger partial charge in [-0.2, -0.15) is 0 Å². The quantitative estimate of drug-likeness (QED) is 0.100. The van der Waals surface area contributed by atoms with Gasteiger partial charge in [0.25, 0.3) is 0 Å². The fourth-order valence-corrected chi connectivity index (χ4v) is 5.66. The van der Waals surface area contributed by atoms with Crippen LogP contribution in [0.5, 0.6) is 0 Å². The number of carbonyl (C=O) groups excluding carboxylic acids is 4. The lowest BCUT2D eigenvalue weighted by Gasteiger charge is -2.30. The van der Waals surface area contributed by atoms with Gasteiger partial charge in [0, 0.05) is 11.5 Å². The molecule has 9 heteroatoms. The van der Waals surface area contributed by atoms with E-state index in [4.69, 9.17) is 18.9 Å². The number of Topliss-reactive ketones (excluding diaryl/α,β-unsaturated/α-hetero) is 1. The number of fused-ring (bicyclic) bond motifs is 3. The van der Waals surface area contributed by atoms with E-state index in [0.717, 1.165) is 22.3 Å². The normalized spacial score (nSPS) is 13.4. The lowest BCUT2D eigenvalue weighted by Crippen LogP contribution is -2.51. The number of carbonyl (C=O) groups is 4. The zero-order valence-corrected chi connectivity index (χ0v) is 27.4. The molecule has 0 unspecified atom stereocenters. The van der Waals surface area contributed by atoms with Crippen molar-refractivity contribution in [3.8, 4) is 11.1 Å². The van der Waals surface area contributed by atoms with E-state index in [0.29, 0.717) is 11.1 Å². The molecule has 0 fully saturated rings.